The molecular formula is C7H12N2OS. The number of hydrogen-bond donors (Lipinski definition) is 1. The molecule has 0 aliphatic heterocycles. The lowest BCUT2D eigenvalue weighted by molar-refractivity contribution is -0.111. The highest BCUT2D eigenvalue weighted by Gasteiger charge is 2.00. The summed E-state index contributed by atoms with van der Waals surface area (Å²) in [5.74, 6) is 0. The van der Waals surface area contributed by atoms with Crippen molar-refractivity contribution in [2.45, 2.75) is 32.6 Å². The molecule has 0 fully saturated rings. The molecule has 0 atom stereocenters. The first-order valence-electron chi connectivity index (χ1n) is 3.65. The van der Waals surface area contributed by atoms with Crippen LogP contribution >= 0.6 is 11.9 Å². The van der Waals surface area contributed by atoms with Gasteiger partial charge in [0.2, 0.25) is 5.12 Å². The Labute approximate surface area is 71.3 Å². The fraction of sp³-hybridized carbons (Fsp3) is 0.714. The van der Waals surface area contributed by atoms with E-state index in [4.69, 9.17) is 5.26 Å². The summed E-state index contributed by atoms with van der Waals surface area (Å²) >= 11 is 0.877. The van der Waals surface area contributed by atoms with E-state index in [0.29, 0.717) is 6.42 Å². The largest absolute Gasteiger partial charge is 0.285 e. The number of unbranched alkanes of at least 4 members (excludes halogenated alkanes) is 2. The predicted octanol–water partition coefficient (Wildman–Crippen LogP) is 1.81. The van der Waals surface area contributed by atoms with Gasteiger partial charge in [-0.3, -0.25) is 9.52 Å². The molecule has 0 aliphatic carbocycles. The number of hydrogen-bond acceptors (Lipinski definition) is 4. The second kappa shape index (κ2) is 7.42. The fourth-order valence-corrected chi connectivity index (χ4v) is 1.06. The van der Waals surface area contributed by atoms with Crippen LogP contribution in [0.1, 0.15) is 32.6 Å². The molecule has 0 rings (SSSR count). The van der Waals surface area contributed by atoms with Crippen LogP contribution in [0.4, 0.5) is 0 Å². The Morgan fingerprint density at radius 2 is 2.36 bits per heavy atom. The summed E-state index contributed by atoms with van der Waals surface area (Å²) < 4.78 is 2.25. The molecule has 0 amide bonds. The van der Waals surface area contributed by atoms with E-state index in [2.05, 4.69) is 11.6 Å². The monoisotopic (exact) mass is 172 g/mol. The Balaban J connectivity index is 3.17. The Kier molecular flexibility index (Phi) is 6.95. The molecular weight excluding hydrogens is 160 g/mol. The highest BCUT2D eigenvalue weighted by atomic mass is 32.2. The molecule has 0 saturated carbocycles. The molecule has 62 valence electrons. The minimum Gasteiger partial charge on any atom is -0.285 e. The van der Waals surface area contributed by atoms with E-state index >= 15 is 0 Å². The Bertz CT molecular complexity index is 153. The van der Waals surface area contributed by atoms with Crippen molar-refractivity contribution < 1.29 is 4.79 Å². The number of nitriles is 1. The quantitative estimate of drug-likeness (QED) is 0.297. The van der Waals surface area contributed by atoms with Crippen LogP contribution in [-0.4, -0.2) is 5.12 Å². The third kappa shape index (κ3) is 7.20. The van der Waals surface area contributed by atoms with Crippen LogP contribution < -0.4 is 4.72 Å². The number of nitrogens with zero attached hydrogens (tertiary/aromatic N) is 1. The van der Waals surface area contributed by atoms with E-state index in [1.807, 2.05) is 0 Å². The van der Waals surface area contributed by atoms with Crippen molar-refractivity contribution in [3.05, 3.63) is 0 Å². The summed E-state index contributed by atoms with van der Waals surface area (Å²) in [6.07, 6.45) is 5.37. The highest BCUT2D eigenvalue weighted by Crippen LogP contribution is 2.05. The van der Waals surface area contributed by atoms with Gasteiger partial charge in [-0.15, -0.1) is 0 Å². The van der Waals surface area contributed by atoms with Gasteiger partial charge in [-0.05, 0) is 6.42 Å². The number of rotatable bonds is 5. The van der Waals surface area contributed by atoms with Crippen LogP contribution in [0.25, 0.3) is 0 Å². The van der Waals surface area contributed by atoms with E-state index in [9.17, 15) is 4.79 Å². The summed E-state index contributed by atoms with van der Waals surface area (Å²) in [4.78, 5) is 10.8. The molecule has 0 aromatic heterocycles. The fourth-order valence-electron chi connectivity index (χ4n) is 0.650. The first kappa shape index (κ1) is 10.3. The molecule has 0 unspecified atom stereocenters. The smallest absolute Gasteiger partial charge is 0.209 e. The van der Waals surface area contributed by atoms with Crippen molar-refractivity contribution in [1.82, 2.24) is 4.72 Å². The lowest BCUT2D eigenvalue weighted by atomic mass is 10.2. The van der Waals surface area contributed by atoms with Crippen molar-refractivity contribution in [3.63, 3.8) is 0 Å². The minimum absolute atomic E-state index is 0.0417. The van der Waals surface area contributed by atoms with Gasteiger partial charge in [0.05, 0.1) is 0 Å². The van der Waals surface area contributed by atoms with E-state index in [-0.39, 0.29) is 5.12 Å². The second-order valence-corrected chi connectivity index (χ2v) is 3.01. The zero-order valence-corrected chi connectivity index (χ0v) is 7.41. The molecule has 1 N–H and O–H groups in total. The van der Waals surface area contributed by atoms with Gasteiger partial charge in [0.25, 0.3) is 0 Å². The molecule has 0 radical (unpaired) electrons. The third-order valence-electron chi connectivity index (χ3n) is 1.19. The Morgan fingerprint density at radius 1 is 1.64 bits per heavy atom. The maximum atomic E-state index is 10.8. The van der Waals surface area contributed by atoms with Gasteiger partial charge in [0.15, 0.2) is 6.19 Å². The standard InChI is InChI=1S/C7H12N2OS/c1-2-3-4-5-7(10)11-9-6-8/h9H,2-5H2,1H3. The van der Waals surface area contributed by atoms with Crippen LogP contribution in [0.5, 0.6) is 0 Å². The highest BCUT2D eigenvalue weighted by molar-refractivity contribution is 8.12. The third-order valence-corrected chi connectivity index (χ3v) is 1.82. The van der Waals surface area contributed by atoms with E-state index < -0.39 is 0 Å². The van der Waals surface area contributed by atoms with Crippen LogP contribution in [0.3, 0.4) is 0 Å². The Hall–Kier alpha value is -0.690. The lowest BCUT2D eigenvalue weighted by Crippen LogP contribution is -2.00. The van der Waals surface area contributed by atoms with E-state index in [1.54, 1.807) is 6.19 Å². The van der Waals surface area contributed by atoms with E-state index in [0.717, 1.165) is 31.2 Å². The van der Waals surface area contributed by atoms with Gasteiger partial charge in [-0.2, -0.15) is 5.26 Å². The van der Waals surface area contributed by atoms with Crippen LogP contribution in [-0.2, 0) is 4.79 Å². The number of carbonyl (C=O) groups is 1. The normalized spacial score (nSPS) is 8.73. The molecule has 0 aromatic carbocycles. The van der Waals surface area contributed by atoms with Crippen molar-refractivity contribution in [3.8, 4) is 6.19 Å². The first-order valence-corrected chi connectivity index (χ1v) is 4.46. The topological polar surface area (TPSA) is 52.9 Å². The first-order chi connectivity index (χ1) is 5.31. The summed E-state index contributed by atoms with van der Waals surface area (Å²) in [6.45, 7) is 2.09. The molecule has 0 aromatic rings. The van der Waals surface area contributed by atoms with Gasteiger partial charge < -0.3 is 0 Å². The molecule has 0 spiro atoms. The average molecular weight is 172 g/mol. The average Bonchev–Trinajstić information content (AvgIpc) is 2.01. The summed E-state index contributed by atoms with van der Waals surface area (Å²) in [5, 5.41) is 8.09. The molecule has 3 nitrogen and oxygen atoms in total. The van der Waals surface area contributed by atoms with Crippen molar-refractivity contribution in [2.24, 2.45) is 0 Å². The summed E-state index contributed by atoms with van der Waals surface area (Å²) in [6, 6.07) is 0. The molecule has 11 heavy (non-hydrogen) atoms. The van der Waals surface area contributed by atoms with Gasteiger partial charge in [-0.1, -0.05) is 19.8 Å². The van der Waals surface area contributed by atoms with Crippen LogP contribution in [0.2, 0.25) is 0 Å². The lowest BCUT2D eigenvalue weighted by Gasteiger charge is -1.95. The summed E-state index contributed by atoms with van der Waals surface area (Å²) in [5.41, 5.74) is 0. The molecule has 0 saturated heterocycles. The maximum Gasteiger partial charge on any atom is 0.209 e. The van der Waals surface area contributed by atoms with E-state index in [1.165, 1.54) is 0 Å². The molecule has 4 heteroatoms. The van der Waals surface area contributed by atoms with Crippen molar-refractivity contribution in [1.29, 1.82) is 5.26 Å². The SMILES string of the molecule is CCCCCC(=O)SNC#N. The van der Waals surface area contributed by atoms with Gasteiger partial charge in [0, 0.05) is 18.4 Å². The predicted molar refractivity (Wildman–Crippen MR) is 45.5 cm³/mol. The van der Waals surface area contributed by atoms with Gasteiger partial charge in [-0.25, -0.2) is 0 Å². The second-order valence-electron chi connectivity index (χ2n) is 2.15. The molecule has 0 bridgehead atoms. The number of nitrogens with one attached hydrogen (secondary N) is 1. The minimum atomic E-state index is 0.0417. The summed E-state index contributed by atoms with van der Waals surface area (Å²) in [7, 11) is 0. The van der Waals surface area contributed by atoms with Gasteiger partial charge >= 0.3 is 0 Å². The zero-order valence-electron chi connectivity index (χ0n) is 6.59. The zero-order chi connectivity index (χ0) is 8.53. The molecule has 0 aliphatic rings. The number of carbonyl (C=O) groups excluding carboxylic acids is 1. The van der Waals surface area contributed by atoms with Gasteiger partial charge in [0.1, 0.15) is 0 Å². The molecule has 0 heterocycles. The Morgan fingerprint density at radius 3 is 2.91 bits per heavy atom. The maximum absolute atomic E-state index is 10.8. The van der Waals surface area contributed by atoms with Crippen molar-refractivity contribution in [2.75, 3.05) is 0 Å². The van der Waals surface area contributed by atoms with Crippen molar-refractivity contribution >= 4 is 17.1 Å². The van der Waals surface area contributed by atoms with Crippen LogP contribution in [0, 0.1) is 11.5 Å². The van der Waals surface area contributed by atoms with Crippen LogP contribution in [0.15, 0.2) is 0 Å².